The number of thiophene rings is 1. The number of aromatic nitrogens is 3. The van der Waals surface area contributed by atoms with Gasteiger partial charge in [0.15, 0.2) is 11.0 Å². The number of pyridine rings is 1. The maximum atomic E-state index is 10.1. The molecular weight excluding hydrogens is 416 g/mol. The second-order valence-electron chi connectivity index (χ2n) is 8.56. The second kappa shape index (κ2) is 8.57. The number of aryl methyl sites for hydroxylation is 1. The van der Waals surface area contributed by atoms with E-state index in [0.717, 1.165) is 40.1 Å². The molecule has 0 saturated heterocycles. The van der Waals surface area contributed by atoms with Crippen LogP contribution in [-0.2, 0) is 12.8 Å². The number of nitrogens with zero attached hydrogens (tertiary/aromatic N) is 4. The van der Waals surface area contributed by atoms with Gasteiger partial charge >= 0.3 is 0 Å². The highest BCUT2D eigenvalue weighted by Crippen LogP contribution is 2.43. The number of thioether (sulfide) groups is 1. The third-order valence-corrected chi connectivity index (χ3v) is 7.14. The Kier molecular flexibility index (Phi) is 6.21. The van der Waals surface area contributed by atoms with Crippen LogP contribution >= 0.6 is 23.1 Å². The molecule has 0 amide bonds. The van der Waals surface area contributed by atoms with Crippen LogP contribution in [0, 0.1) is 0 Å². The van der Waals surface area contributed by atoms with Gasteiger partial charge in [0.1, 0.15) is 4.83 Å². The molecule has 3 heterocycles. The summed E-state index contributed by atoms with van der Waals surface area (Å²) in [6.07, 6.45) is 4.24. The van der Waals surface area contributed by atoms with Crippen LogP contribution in [0.4, 0.5) is 5.82 Å². The Morgan fingerprint density at radius 1 is 1.00 bits per heavy atom. The molecule has 6 nitrogen and oxygen atoms in total. The number of aliphatic hydroxyl groups excluding tert-OH is 2. The minimum Gasteiger partial charge on any atom is -0.392 e. The van der Waals surface area contributed by atoms with Gasteiger partial charge in [0, 0.05) is 24.2 Å². The highest BCUT2D eigenvalue weighted by molar-refractivity contribution is 7.98. The lowest BCUT2D eigenvalue weighted by molar-refractivity contribution is 0.178. The van der Waals surface area contributed by atoms with Crippen molar-refractivity contribution in [3.05, 3.63) is 16.8 Å². The Hall–Kier alpha value is -1.48. The first-order valence-electron chi connectivity index (χ1n) is 10.6. The van der Waals surface area contributed by atoms with Gasteiger partial charge in [-0.1, -0.05) is 25.6 Å². The van der Waals surface area contributed by atoms with E-state index in [9.17, 15) is 10.2 Å². The summed E-state index contributed by atoms with van der Waals surface area (Å²) in [7, 11) is 0. The number of hydrogen-bond acceptors (Lipinski definition) is 8. The maximum Gasteiger partial charge on any atom is 0.189 e. The van der Waals surface area contributed by atoms with E-state index in [2.05, 4.69) is 13.8 Å². The van der Waals surface area contributed by atoms with E-state index in [-0.39, 0.29) is 0 Å². The van der Waals surface area contributed by atoms with Gasteiger partial charge in [0.05, 0.1) is 22.4 Å². The minimum atomic E-state index is -0.532. The van der Waals surface area contributed by atoms with Gasteiger partial charge in [-0.2, -0.15) is 0 Å². The third-order valence-electron chi connectivity index (χ3n) is 5.53. The summed E-state index contributed by atoms with van der Waals surface area (Å²) < 4.78 is 0.992. The summed E-state index contributed by atoms with van der Waals surface area (Å²) in [5.41, 5.74) is 5.00. The number of hydrogen-bond donors (Lipinski definition) is 2. The average Bonchev–Trinajstić information content (AvgIpc) is 3.28. The van der Waals surface area contributed by atoms with E-state index in [4.69, 9.17) is 15.0 Å². The SMILES string of the molecule is CSc1nc(N(CC(C)O)CC(C)O)c2sc3nc(C(C)C)c4c(c3c2n1)CCC4. The lowest BCUT2D eigenvalue weighted by Gasteiger charge is -2.27. The number of rotatable bonds is 7. The van der Waals surface area contributed by atoms with Gasteiger partial charge in [-0.25, -0.2) is 15.0 Å². The van der Waals surface area contributed by atoms with Gasteiger partial charge in [-0.05, 0) is 56.4 Å². The molecule has 0 spiro atoms. The second-order valence-corrected chi connectivity index (χ2v) is 10.3. The van der Waals surface area contributed by atoms with Crippen LogP contribution in [0.15, 0.2) is 5.16 Å². The van der Waals surface area contributed by atoms with Crippen molar-refractivity contribution in [2.75, 3.05) is 24.2 Å². The molecule has 30 heavy (non-hydrogen) atoms. The molecule has 0 bridgehead atoms. The fraction of sp³-hybridized carbons (Fsp3) is 0.591. The van der Waals surface area contributed by atoms with E-state index >= 15 is 0 Å². The summed E-state index contributed by atoms with van der Waals surface area (Å²) in [5, 5.41) is 22.0. The third kappa shape index (κ3) is 3.90. The molecule has 1 aliphatic carbocycles. The van der Waals surface area contributed by atoms with Crippen LogP contribution in [0.5, 0.6) is 0 Å². The Morgan fingerprint density at radius 2 is 1.67 bits per heavy atom. The molecular formula is C22H30N4O2S2. The maximum absolute atomic E-state index is 10.1. The number of anilines is 1. The first kappa shape index (κ1) is 21.7. The van der Waals surface area contributed by atoms with Crippen molar-refractivity contribution in [3.8, 4) is 0 Å². The van der Waals surface area contributed by atoms with E-state index in [1.165, 1.54) is 34.0 Å². The monoisotopic (exact) mass is 446 g/mol. The van der Waals surface area contributed by atoms with Crippen molar-refractivity contribution in [2.24, 2.45) is 0 Å². The molecule has 2 N–H and O–H groups in total. The predicted octanol–water partition coefficient (Wildman–Crippen LogP) is 4.14. The van der Waals surface area contributed by atoms with Gasteiger partial charge in [-0.15, -0.1) is 11.3 Å². The molecule has 3 aromatic heterocycles. The zero-order valence-electron chi connectivity index (χ0n) is 18.3. The molecule has 0 radical (unpaired) electrons. The predicted molar refractivity (Wildman–Crippen MR) is 126 cm³/mol. The molecule has 0 aliphatic heterocycles. The van der Waals surface area contributed by atoms with Crippen molar-refractivity contribution in [2.45, 2.75) is 70.2 Å². The number of aliphatic hydroxyl groups is 2. The summed E-state index contributed by atoms with van der Waals surface area (Å²) in [4.78, 5) is 17.8. The summed E-state index contributed by atoms with van der Waals surface area (Å²) in [5.74, 6) is 1.17. The normalized spacial score (nSPS) is 15.9. The molecule has 4 rings (SSSR count). The largest absolute Gasteiger partial charge is 0.392 e. The molecule has 8 heteroatoms. The van der Waals surface area contributed by atoms with Gasteiger partial charge in [-0.3, -0.25) is 0 Å². The van der Waals surface area contributed by atoms with Gasteiger partial charge in [0.2, 0.25) is 0 Å². The summed E-state index contributed by atoms with van der Waals surface area (Å²) in [6, 6.07) is 0. The van der Waals surface area contributed by atoms with E-state index in [1.54, 1.807) is 25.2 Å². The molecule has 2 atom stereocenters. The zero-order chi connectivity index (χ0) is 21.6. The van der Waals surface area contributed by atoms with E-state index in [0.29, 0.717) is 24.2 Å². The van der Waals surface area contributed by atoms with Crippen LogP contribution in [0.25, 0.3) is 20.4 Å². The van der Waals surface area contributed by atoms with Crippen molar-refractivity contribution in [1.29, 1.82) is 0 Å². The smallest absolute Gasteiger partial charge is 0.189 e. The molecule has 0 aromatic carbocycles. The molecule has 0 saturated carbocycles. The van der Waals surface area contributed by atoms with Crippen molar-refractivity contribution < 1.29 is 10.2 Å². The van der Waals surface area contributed by atoms with Crippen LogP contribution in [0.2, 0.25) is 0 Å². The average molecular weight is 447 g/mol. The standard InChI is InChI=1S/C22H30N4O2S2/c1-11(2)17-15-8-6-7-14(15)16-18-19(30-21(16)23-17)20(25-22(24-18)29-5)26(9-12(3)27)10-13(4)28/h11-13,27-28H,6-10H2,1-5H3. The molecule has 1 aliphatic rings. The molecule has 0 fully saturated rings. The Balaban J connectivity index is 2.02. The van der Waals surface area contributed by atoms with Crippen LogP contribution in [-0.4, -0.2) is 56.7 Å². The van der Waals surface area contributed by atoms with Gasteiger partial charge < -0.3 is 15.1 Å². The highest BCUT2D eigenvalue weighted by atomic mass is 32.2. The fourth-order valence-electron chi connectivity index (χ4n) is 4.43. The molecule has 3 aromatic rings. The first-order valence-corrected chi connectivity index (χ1v) is 12.6. The van der Waals surface area contributed by atoms with Crippen molar-refractivity contribution in [1.82, 2.24) is 15.0 Å². The quantitative estimate of drug-likeness (QED) is 0.417. The molecule has 2 unspecified atom stereocenters. The zero-order valence-corrected chi connectivity index (χ0v) is 19.9. The lowest BCUT2D eigenvalue weighted by atomic mass is 9.99. The Bertz CT molecular complexity index is 1070. The molecule has 162 valence electrons. The topological polar surface area (TPSA) is 82.4 Å². The summed E-state index contributed by atoms with van der Waals surface area (Å²) in [6.45, 7) is 8.76. The van der Waals surface area contributed by atoms with E-state index in [1.807, 2.05) is 11.2 Å². The van der Waals surface area contributed by atoms with Crippen LogP contribution < -0.4 is 4.90 Å². The first-order chi connectivity index (χ1) is 14.3. The fourth-order valence-corrected chi connectivity index (χ4v) is 5.96. The van der Waals surface area contributed by atoms with Crippen molar-refractivity contribution >= 4 is 49.3 Å². The Morgan fingerprint density at radius 3 is 2.27 bits per heavy atom. The summed E-state index contributed by atoms with van der Waals surface area (Å²) >= 11 is 3.15. The minimum absolute atomic E-state index is 0.390. The number of fused-ring (bicyclic) bond motifs is 5. The highest BCUT2D eigenvalue weighted by Gasteiger charge is 2.27. The van der Waals surface area contributed by atoms with Crippen LogP contribution in [0.3, 0.4) is 0 Å². The van der Waals surface area contributed by atoms with E-state index < -0.39 is 12.2 Å². The Labute approximate surface area is 185 Å². The van der Waals surface area contributed by atoms with Gasteiger partial charge in [0.25, 0.3) is 0 Å². The van der Waals surface area contributed by atoms with Crippen molar-refractivity contribution in [3.63, 3.8) is 0 Å². The lowest BCUT2D eigenvalue weighted by Crippen LogP contribution is -2.37. The van der Waals surface area contributed by atoms with Crippen LogP contribution in [0.1, 0.15) is 56.9 Å².